The van der Waals surface area contributed by atoms with E-state index in [1.807, 2.05) is 6.92 Å². The first-order valence-electron chi connectivity index (χ1n) is 6.49. The Labute approximate surface area is 125 Å². The summed E-state index contributed by atoms with van der Waals surface area (Å²) >= 11 is 3.05. The number of nitrogens with zero attached hydrogens (tertiary/aromatic N) is 1. The number of halogens is 3. The van der Waals surface area contributed by atoms with Gasteiger partial charge in [0.1, 0.15) is 11.6 Å². The van der Waals surface area contributed by atoms with Crippen molar-refractivity contribution in [3.8, 4) is 0 Å². The molecule has 20 heavy (non-hydrogen) atoms. The maximum Gasteiger partial charge on any atom is 0.145 e. The first-order valence-corrected chi connectivity index (χ1v) is 7.28. The van der Waals surface area contributed by atoms with E-state index in [1.165, 1.54) is 12.1 Å². The summed E-state index contributed by atoms with van der Waals surface area (Å²) < 4.78 is 29.5. The molecule has 0 amide bonds. The van der Waals surface area contributed by atoms with E-state index in [-0.39, 0.29) is 16.6 Å². The Balaban J connectivity index is 2.21. The summed E-state index contributed by atoms with van der Waals surface area (Å²) in [4.78, 5) is 0. The topological polar surface area (TPSA) is 25.2 Å². The van der Waals surface area contributed by atoms with Crippen molar-refractivity contribution < 1.29 is 13.9 Å². The minimum atomic E-state index is -0.589. The van der Waals surface area contributed by atoms with Gasteiger partial charge in [0.05, 0.1) is 17.1 Å². The zero-order valence-electron chi connectivity index (χ0n) is 11.1. The van der Waals surface area contributed by atoms with Gasteiger partial charge in [-0.2, -0.15) is 0 Å². The third-order valence-corrected chi connectivity index (χ3v) is 3.81. The van der Waals surface area contributed by atoms with E-state index < -0.39 is 17.7 Å². The molecule has 0 aliphatic heterocycles. The predicted octanol–water partition coefficient (Wildman–Crippen LogP) is 4.41. The van der Waals surface area contributed by atoms with Gasteiger partial charge in [-0.05, 0) is 46.1 Å². The fraction of sp³-hybridized carbons (Fsp3) is 0.333. The standard InChI is InChI=1S/C15H16BrF2NO/c1-2-3-14(20)10-6-7-19(8-10)9-11-13(17)5-4-12(16)15(11)18/h4-8,14,20H,2-3,9H2,1H3. The van der Waals surface area contributed by atoms with E-state index in [2.05, 4.69) is 15.9 Å². The molecule has 0 aliphatic carbocycles. The summed E-state index contributed by atoms with van der Waals surface area (Å²) in [5.41, 5.74) is 0.772. The Kier molecular flexibility index (Phi) is 4.94. The monoisotopic (exact) mass is 343 g/mol. The quantitative estimate of drug-likeness (QED) is 0.799. The molecular weight excluding hydrogens is 328 g/mol. The van der Waals surface area contributed by atoms with Gasteiger partial charge in [0.25, 0.3) is 0 Å². The van der Waals surface area contributed by atoms with E-state index in [1.54, 1.807) is 23.0 Å². The van der Waals surface area contributed by atoms with Crippen molar-refractivity contribution in [3.63, 3.8) is 0 Å². The van der Waals surface area contributed by atoms with E-state index in [4.69, 9.17) is 0 Å². The first kappa shape index (κ1) is 15.2. The van der Waals surface area contributed by atoms with Crippen molar-refractivity contribution in [1.82, 2.24) is 4.57 Å². The molecule has 0 saturated carbocycles. The fourth-order valence-corrected chi connectivity index (χ4v) is 2.46. The molecule has 0 saturated heterocycles. The predicted molar refractivity (Wildman–Crippen MR) is 77.5 cm³/mol. The van der Waals surface area contributed by atoms with Gasteiger partial charge in [-0.3, -0.25) is 0 Å². The number of hydrogen-bond donors (Lipinski definition) is 1. The second kappa shape index (κ2) is 6.50. The minimum absolute atomic E-state index is 0.00602. The number of benzene rings is 1. The molecule has 1 unspecified atom stereocenters. The highest BCUT2D eigenvalue weighted by Gasteiger charge is 2.14. The lowest BCUT2D eigenvalue weighted by Gasteiger charge is -2.09. The summed E-state index contributed by atoms with van der Waals surface area (Å²) in [5.74, 6) is -1.16. The summed E-state index contributed by atoms with van der Waals surface area (Å²) in [6, 6.07) is 4.35. The molecule has 2 rings (SSSR count). The zero-order chi connectivity index (χ0) is 14.7. The van der Waals surface area contributed by atoms with Crippen LogP contribution in [0.3, 0.4) is 0 Å². The smallest absolute Gasteiger partial charge is 0.145 e. The summed E-state index contributed by atoms with van der Waals surface area (Å²) in [7, 11) is 0. The highest BCUT2D eigenvalue weighted by molar-refractivity contribution is 9.10. The van der Waals surface area contributed by atoms with Gasteiger partial charge in [0, 0.05) is 18.0 Å². The lowest BCUT2D eigenvalue weighted by molar-refractivity contribution is 0.166. The van der Waals surface area contributed by atoms with Crippen LogP contribution in [-0.2, 0) is 6.54 Å². The van der Waals surface area contributed by atoms with E-state index in [0.29, 0.717) is 6.42 Å². The molecular formula is C15H16BrF2NO. The minimum Gasteiger partial charge on any atom is -0.388 e. The normalized spacial score (nSPS) is 12.7. The molecule has 1 aromatic heterocycles. The number of rotatable bonds is 5. The Hall–Kier alpha value is -1.20. The van der Waals surface area contributed by atoms with Crippen LogP contribution < -0.4 is 0 Å². The average Bonchev–Trinajstić information content (AvgIpc) is 2.88. The average molecular weight is 344 g/mol. The van der Waals surface area contributed by atoms with E-state index in [0.717, 1.165) is 12.0 Å². The second-order valence-electron chi connectivity index (χ2n) is 4.74. The van der Waals surface area contributed by atoms with Gasteiger partial charge in [-0.15, -0.1) is 0 Å². The van der Waals surface area contributed by atoms with Gasteiger partial charge in [0.2, 0.25) is 0 Å². The van der Waals surface area contributed by atoms with Crippen LogP contribution in [0, 0.1) is 11.6 Å². The highest BCUT2D eigenvalue weighted by atomic mass is 79.9. The molecule has 0 fully saturated rings. The molecule has 0 aliphatic rings. The van der Waals surface area contributed by atoms with Crippen LogP contribution in [0.5, 0.6) is 0 Å². The third kappa shape index (κ3) is 3.27. The van der Waals surface area contributed by atoms with Crippen LogP contribution in [0.25, 0.3) is 0 Å². The van der Waals surface area contributed by atoms with Crippen molar-refractivity contribution in [2.24, 2.45) is 0 Å². The number of hydrogen-bond acceptors (Lipinski definition) is 1. The van der Waals surface area contributed by atoms with Gasteiger partial charge < -0.3 is 9.67 Å². The molecule has 108 valence electrons. The molecule has 1 aromatic carbocycles. The molecule has 2 nitrogen and oxygen atoms in total. The largest absolute Gasteiger partial charge is 0.388 e. The summed E-state index contributed by atoms with van der Waals surface area (Å²) in [6.07, 6.45) is 4.46. The van der Waals surface area contributed by atoms with Gasteiger partial charge in [-0.25, -0.2) is 8.78 Å². The zero-order valence-corrected chi connectivity index (χ0v) is 12.7. The highest BCUT2D eigenvalue weighted by Crippen LogP contribution is 2.24. The maximum absolute atomic E-state index is 13.9. The molecule has 1 heterocycles. The lowest BCUT2D eigenvalue weighted by Crippen LogP contribution is -2.04. The molecule has 0 spiro atoms. The molecule has 1 N–H and O–H groups in total. The summed E-state index contributed by atoms with van der Waals surface area (Å²) in [6.45, 7) is 2.09. The maximum atomic E-state index is 13.9. The molecule has 2 aromatic rings. The van der Waals surface area contributed by atoms with Crippen molar-refractivity contribution in [2.75, 3.05) is 0 Å². The Morgan fingerprint density at radius 2 is 2.05 bits per heavy atom. The Bertz CT molecular complexity index is 598. The Morgan fingerprint density at radius 1 is 1.30 bits per heavy atom. The van der Waals surface area contributed by atoms with Gasteiger partial charge >= 0.3 is 0 Å². The van der Waals surface area contributed by atoms with Crippen LogP contribution in [0.15, 0.2) is 35.1 Å². The van der Waals surface area contributed by atoms with Crippen LogP contribution in [0.1, 0.15) is 37.0 Å². The van der Waals surface area contributed by atoms with Crippen LogP contribution >= 0.6 is 15.9 Å². The van der Waals surface area contributed by atoms with Crippen LogP contribution in [0.2, 0.25) is 0 Å². The number of aliphatic hydroxyl groups is 1. The van der Waals surface area contributed by atoms with Crippen molar-refractivity contribution in [3.05, 3.63) is 57.8 Å². The molecule has 0 bridgehead atoms. The number of aromatic nitrogens is 1. The van der Waals surface area contributed by atoms with E-state index >= 15 is 0 Å². The second-order valence-corrected chi connectivity index (χ2v) is 5.60. The number of aliphatic hydroxyl groups excluding tert-OH is 1. The van der Waals surface area contributed by atoms with Gasteiger partial charge in [-0.1, -0.05) is 13.3 Å². The van der Waals surface area contributed by atoms with Crippen molar-refractivity contribution >= 4 is 15.9 Å². The fourth-order valence-electron chi connectivity index (χ4n) is 2.09. The van der Waals surface area contributed by atoms with Crippen molar-refractivity contribution in [2.45, 2.75) is 32.4 Å². The SMILES string of the molecule is CCCC(O)c1ccn(Cc2c(F)ccc(Br)c2F)c1. The van der Waals surface area contributed by atoms with Crippen molar-refractivity contribution in [1.29, 1.82) is 0 Å². The third-order valence-electron chi connectivity index (χ3n) is 3.20. The molecule has 5 heteroatoms. The molecule has 1 atom stereocenters. The lowest BCUT2D eigenvalue weighted by atomic mass is 10.1. The van der Waals surface area contributed by atoms with Crippen LogP contribution in [0.4, 0.5) is 8.78 Å². The molecule has 0 radical (unpaired) electrons. The summed E-state index contributed by atoms with van der Waals surface area (Å²) in [5, 5.41) is 9.88. The van der Waals surface area contributed by atoms with E-state index in [9.17, 15) is 13.9 Å². The van der Waals surface area contributed by atoms with Gasteiger partial charge in [0.15, 0.2) is 0 Å². The first-order chi connectivity index (χ1) is 9.52. The van der Waals surface area contributed by atoms with Crippen LogP contribution in [-0.4, -0.2) is 9.67 Å². The Morgan fingerprint density at radius 3 is 2.75 bits per heavy atom.